The van der Waals surface area contributed by atoms with Gasteiger partial charge in [0.1, 0.15) is 6.54 Å². The Morgan fingerprint density at radius 2 is 1.92 bits per heavy atom. The van der Waals surface area contributed by atoms with Gasteiger partial charge in [-0.15, -0.1) is 0 Å². The van der Waals surface area contributed by atoms with Gasteiger partial charge in [-0.1, -0.05) is 24.3 Å². The maximum absolute atomic E-state index is 12.9. The van der Waals surface area contributed by atoms with E-state index in [4.69, 9.17) is 0 Å². The van der Waals surface area contributed by atoms with Crippen LogP contribution in [0.15, 0.2) is 35.1 Å². The van der Waals surface area contributed by atoms with E-state index in [1.807, 2.05) is 13.1 Å². The molecule has 1 unspecified atom stereocenters. The normalized spacial score (nSPS) is 18.7. The van der Waals surface area contributed by atoms with Gasteiger partial charge in [0, 0.05) is 13.1 Å². The molecular weight excluding hydrogens is 326 g/mol. The third-order valence-corrected chi connectivity index (χ3v) is 5.76. The highest BCUT2D eigenvalue weighted by Gasteiger charge is 2.27. The van der Waals surface area contributed by atoms with Gasteiger partial charge < -0.3 is 4.90 Å². The second-order valence-corrected chi connectivity index (χ2v) is 7.43. The molecule has 1 aromatic carbocycles. The molecule has 1 heterocycles. The summed E-state index contributed by atoms with van der Waals surface area (Å²) >= 11 is 0. The number of nitrogens with zero attached hydrogens (tertiary/aromatic N) is 3. The number of fused-ring (bicyclic) bond motifs is 2. The van der Waals surface area contributed by atoms with Crippen molar-refractivity contribution in [2.24, 2.45) is 0 Å². The first-order valence-electron chi connectivity index (χ1n) is 9.57. The Morgan fingerprint density at radius 1 is 1.15 bits per heavy atom. The fourth-order valence-corrected chi connectivity index (χ4v) is 4.26. The molecule has 1 atom stereocenters. The molecule has 2 aliphatic rings. The number of carbonyl (C=O) groups excluding carboxylic acids is 1. The molecule has 0 spiro atoms. The largest absolute Gasteiger partial charge is 0.337 e. The second-order valence-electron chi connectivity index (χ2n) is 7.43. The third kappa shape index (κ3) is 3.18. The van der Waals surface area contributed by atoms with E-state index in [1.165, 1.54) is 15.8 Å². The van der Waals surface area contributed by atoms with Gasteiger partial charge in [-0.3, -0.25) is 9.59 Å². The Morgan fingerprint density at radius 3 is 2.81 bits per heavy atom. The predicted octanol–water partition coefficient (Wildman–Crippen LogP) is 2.66. The summed E-state index contributed by atoms with van der Waals surface area (Å²) in [5.41, 5.74) is 4.43. The van der Waals surface area contributed by atoms with Crippen molar-refractivity contribution < 1.29 is 4.79 Å². The fourth-order valence-electron chi connectivity index (χ4n) is 4.26. The molecular formula is C21H25N3O2. The highest BCUT2D eigenvalue weighted by atomic mass is 16.2. The first-order valence-corrected chi connectivity index (χ1v) is 9.57. The SMILES string of the molecule is CN(C(=O)Cn1nc2c(cc1=O)CCCC2)C1CCCc2ccccc21. The Labute approximate surface area is 153 Å². The lowest BCUT2D eigenvalue weighted by Crippen LogP contribution is -2.38. The molecule has 5 nitrogen and oxygen atoms in total. The number of amides is 1. The molecule has 2 aliphatic carbocycles. The highest BCUT2D eigenvalue weighted by Crippen LogP contribution is 2.33. The summed E-state index contributed by atoms with van der Waals surface area (Å²) in [4.78, 5) is 27.0. The number of hydrogen-bond acceptors (Lipinski definition) is 3. The minimum absolute atomic E-state index is 0.0152. The van der Waals surface area contributed by atoms with Crippen molar-refractivity contribution in [3.8, 4) is 0 Å². The Balaban J connectivity index is 1.55. The zero-order valence-electron chi connectivity index (χ0n) is 15.3. The van der Waals surface area contributed by atoms with Gasteiger partial charge in [-0.05, 0) is 61.6 Å². The van der Waals surface area contributed by atoms with Crippen molar-refractivity contribution in [3.05, 3.63) is 63.1 Å². The quantitative estimate of drug-likeness (QED) is 0.854. The van der Waals surface area contributed by atoms with E-state index in [9.17, 15) is 9.59 Å². The molecule has 136 valence electrons. The summed E-state index contributed by atoms with van der Waals surface area (Å²) in [5.74, 6) is -0.0583. The van der Waals surface area contributed by atoms with Crippen LogP contribution >= 0.6 is 0 Å². The zero-order chi connectivity index (χ0) is 18.1. The molecule has 0 N–H and O–H groups in total. The number of aromatic nitrogens is 2. The molecule has 0 saturated heterocycles. The lowest BCUT2D eigenvalue weighted by atomic mass is 9.87. The van der Waals surface area contributed by atoms with Crippen LogP contribution < -0.4 is 5.56 Å². The summed E-state index contributed by atoms with van der Waals surface area (Å²) in [6.45, 7) is 0.0152. The van der Waals surface area contributed by atoms with Crippen LogP contribution in [0.25, 0.3) is 0 Å². The van der Waals surface area contributed by atoms with Crippen LogP contribution in [0.3, 0.4) is 0 Å². The smallest absolute Gasteiger partial charge is 0.267 e. The Bertz CT molecular complexity index is 887. The van der Waals surface area contributed by atoms with Crippen LogP contribution in [-0.4, -0.2) is 27.6 Å². The van der Waals surface area contributed by atoms with Crippen molar-refractivity contribution in [1.29, 1.82) is 0 Å². The number of rotatable bonds is 3. The summed E-state index contributed by atoms with van der Waals surface area (Å²) in [6.07, 6.45) is 7.15. The van der Waals surface area contributed by atoms with Gasteiger partial charge in [0.25, 0.3) is 5.56 Å². The van der Waals surface area contributed by atoms with Gasteiger partial charge in [0.15, 0.2) is 0 Å². The standard InChI is InChI=1S/C21H25N3O2/c1-23(19-12-6-9-15-7-2-4-10-17(15)19)21(26)14-24-20(25)13-16-8-3-5-11-18(16)22-24/h2,4,7,10,13,19H,3,5-6,8-9,11-12,14H2,1H3. The molecule has 5 heteroatoms. The van der Waals surface area contributed by atoms with Crippen LogP contribution in [0, 0.1) is 0 Å². The molecule has 0 bridgehead atoms. The topological polar surface area (TPSA) is 55.2 Å². The van der Waals surface area contributed by atoms with Gasteiger partial charge in [-0.2, -0.15) is 5.10 Å². The van der Waals surface area contributed by atoms with Gasteiger partial charge >= 0.3 is 0 Å². The predicted molar refractivity (Wildman–Crippen MR) is 100 cm³/mol. The lowest BCUT2D eigenvalue weighted by Gasteiger charge is -2.33. The monoisotopic (exact) mass is 351 g/mol. The van der Waals surface area contributed by atoms with E-state index in [0.29, 0.717) is 0 Å². The summed E-state index contributed by atoms with van der Waals surface area (Å²) < 4.78 is 1.34. The maximum atomic E-state index is 12.9. The minimum Gasteiger partial charge on any atom is -0.337 e. The molecule has 1 aromatic heterocycles. The van der Waals surface area contributed by atoms with E-state index in [0.717, 1.165) is 56.2 Å². The minimum atomic E-state index is -0.170. The molecule has 2 aromatic rings. The second kappa shape index (κ2) is 7.06. The number of carbonyl (C=O) groups is 1. The summed E-state index contributed by atoms with van der Waals surface area (Å²) in [5, 5.41) is 4.48. The first kappa shape index (κ1) is 17.0. The van der Waals surface area contributed by atoms with E-state index in [1.54, 1.807) is 11.0 Å². The third-order valence-electron chi connectivity index (χ3n) is 5.76. The number of aryl methyl sites for hydroxylation is 3. The summed E-state index contributed by atoms with van der Waals surface area (Å²) in [6, 6.07) is 10.1. The molecule has 0 saturated carbocycles. The first-order chi connectivity index (χ1) is 12.6. The van der Waals surface area contributed by atoms with Crippen LogP contribution in [0.1, 0.15) is 54.1 Å². The fraction of sp³-hybridized carbons (Fsp3) is 0.476. The van der Waals surface area contributed by atoms with Crippen molar-refractivity contribution >= 4 is 5.91 Å². The van der Waals surface area contributed by atoms with E-state index < -0.39 is 0 Å². The molecule has 0 aliphatic heterocycles. The van der Waals surface area contributed by atoms with Gasteiger partial charge in [-0.25, -0.2) is 4.68 Å². The van der Waals surface area contributed by atoms with Crippen LogP contribution in [0.4, 0.5) is 0 Å². The Kier molecular flexibility index (Phi) is 4.62. The number of benzene rings is 1. The molecule has 0 radical (unpaired) electrons. The highest BCUT2D eigenvalue weighted by molar-refractivity contribution is 5.76. The number of likely N-dealkylation sites (N-methyl/N-ethyl adjacent to an activating group) is 1. The molecule has 4 rings (SSSR count). The van der Waals surface area contributed by atoms with Crippen molar-refractivity contribution in [2.75, 3.05) is 7.05 Å². The summed E-state index contributed by atoms with van der Waals surface area (Å²) in [7, 11) is 1.85. The maximum Gasteiger partial charge on any atom is 0.267 e. The molecule has 0 fully saturated rings. The molecule has 1 amide bonds. The van der Waals surface area contributed by atoms with Crippen LogP contribution in [0.5, 0.6) is 0 Å². The zero-order valence-corrected chi connectivity index (χ0v) is 15.3. The van der Waals surface area contributed by atoms with E-state index in [2.05, 4.69) is 23.3 Å². The Hall–Kier alpha value is -2.43. The average molecular weight is 351 g/mol. The molecule has 26 heavy (non-hydrogen) atoms. The lowest BCUT2D eigenvalue weighted by molar-refractivity contribution is -0.133. The van der Waals surface area contributed by atoms with Crippen molar-refractivity contribution in [3.63, 3.8) is 0 Å². The van der Waals surface area contributed by atoms with E-state index in [-0.39, 0.29) is 24.1 Å². The van der Waals surface area contributed by atoms with Crippen molar-refractivity contribution in [2.45, 2.75) is 57.5 Å². The van der Waals surface area contributed by atoms with E-state index >= 15 is 0 Å². The van der Waals surface area contributed by atoms with Crippen molar-refractivity contribution in [1.82, 2.24) is 14.7 Å². The van der Waals surface area contributed by atoms with Crippen LogP contribution in [-0.2, 0) is 30.6 Å². The number of hydrogen-bond donors (Lipinski definition) is 0. The average Bonchev–Trinajstić information content (AvgIpc) is 2.67. The van der Waals surface area contributed by atoms with Gasteiger partial charge in [0.05, 0.1) is 11.7 Å². The van der Waals surface area contributed by atoms with Gasteiger partial charge in [0.2, 0.25) is 5.91 Å². The van der Waals surface area contributed by atoms with Crippen LogP contribution in [0.2, 0.25) is 0 Å².